The van der Waals surface area contributed by atoms with Gasteiger partial charge in [0, 0.05) is 0 Å². The standard InChI is InChI=1S/C14H9ClFN3O3S/c15-9-6-8(16)3-4-10(9)17-12(20)7-23-14-19-18-13(22-14)11-2-1-5-21-11/h1-6H,7H2,(H,17,20). The van der Waals surface area contributed by atoms with E-state index in [0.717, 1.165) is 17.8 Å². The first-order valence-corrected chi connectivity index (χ1v) is 7.73. The molecule has 0 bridgehead atoms. The number of furan rings is 1. The number of hydrogen-bond donors (Lipinski definition) is 1. The Labute approximate surface area is 139 Å². The Morgan fingerprint density at radius 1 is 1.35 bits per heavy atom. The Morgan fingerprint density at radius 2 is 2.22 bits per heavy atom. The topological polar surface area (TPSA) is 81.2 Å². The number of amides is 1. The van der Waals surface area contributed by atoms with Crippen LogP contribution in [0.4, 0.5) is 10.1 Å². The molecule has 2 heterocycles. The van der Waals surface area contributed by atoms with Gasteiger partial charge in [0.2, 0.25) is 5.91 Å². The molecule has 0 unspecified atom stereocenters. The maximum absolute atomic E-state index is 12.9. The summed E-state index contributed by atoms with van der Waals surface area (Å²) in [6, 6.07) is 7.11. The molecule has 3 aromatic rings. The van der Waals surface area contributed by atoms with Gasteiger partial charge in [-0.2, -0.15) is 0 Å². The highest BCUT2D eigenvalue weighted by molar-refractivity contribution is 7.99. The largest absolute Gasteiger partial charge is 0.459 e. The van der Waals surface area contributed by atoms with Gasteiger partial charge in [0.25, 0.3) is 11.1 Å². The molecule has 23 heavy (non-hydrogen) atoms. The van der Waals surface area contributed by atoms with E-state index >= 15 is 0 Å². The highest BCUT2D eigenvalue weighted by Crippen LogP contribution is 2.25. The third-order valence-electron chi connectivity index (χ3n) is 2.67. The zero-order valence-corrected chi connectivity index (χ0v) is 13.0. The lowest BCUT2D eigenvalue weighted by atomic mass is 10.3. The van der Waals surface area contributed by atoms with Crippen molar-refractivity contribution >= 4 is 35.0 Å². The van der Waals surface area contributed by atoms with E-state index in [2.05, 4.69) is 15.5 Å². The quantitative estimate of drug-likeness (QED) is 0.701. The Morgan fingerprint density at radius 3 is 2.96 bits per heavy atom. The second kappa shape index (κ2) is 6.84. The first-order valence-electron chi connectivity index (χ1n) is 6.37. The smallest absolute Gasteiger partial charge is 0.284 e. The maximum Gasteiger partial charge on any atom is 0.284 e. The fraction of sp³-hybridized carbons (Fsp3) is 0.0714. The number of halogens is 2. The number of hydrogen-bond acceptors (Lipinski definition) is 6. The second-order valence-electron chi connectivity index (χ2n) is 4.31. The van der Waals surface area contributed by atoms with Crippen LogP contribution < -0.4 is 5.32 Å². The molecule has 118 valence electrons. The highest BCUT2D eigenvalue weighted by atomic mass is 35.5. The first-order chi connectivity index (χ1) is 11.1. The molecule has 1 aromatic carbocycles. The molecule has 9 heteroatoms. The van der Waals surface area contributed by atoms with Crippen LogP contribution in [0.3, 0.4) is 0 Å². The number of aromatic nitrogens is 2. The molecule has 2 aromatic heterocycles. The normalized spacial score (nSPS) is 10.7. The molecular weight excluding hydrogens is 345 g/mol. The SMILES string of the molecule is O=C(CSc1nnc(-c2ccco2)o1)Nc1ccc(F)cc1Cl. The molecule has 0 saturated heterocycles. The summed E-state index contributed by atoms with van der Waals surface area (Å²) in [6.45, 7) is 0. The van der Waals surface area contributed by atoms with Crippen molar-refractivity contribution in [3.05, 3.63) is 47.4 Å². The van der Waals surface area contributed by atoms with Crippen molar-refractivity contribution < 1.29 is 18.0 Å². The molecule has 0 radical (unpaired) electrons. The Bertz CT molecular complexity index is 823. The summed E-state index contributed by atoms with van der Waals surface area (Å²) in [7, 11) is 0. The number of carbonyl (C=O) groups is 1. The molecule has 3 rings (SSSR count). The lowest BCUT2D eigenvalue weighted by molar-refractivity contribution is -0.113. The number of rotatable bonds is 5. The molecular formula is C14H9ClFN3O3S. The molecule has 0 fully saturated rings. The Kier molecular flexibility index (Phi) is 4.63. The van der Waals surface area contributed by atoms with Crippen LogP contribution >= 0.6 is 23.4 Å². The maximum atomic E-state index is 12.9. The van der Waals surface area contributed by atoms with Crippen LogP contribution in [-0.2, 0) is 4.79 Å². The average Bonchev–Trinajstić information content (AvgIpc) is 3.18. The van der Waals surface area contributed by atoms with Crippen molar-refractivity contribution in [2.24, 2.45) is 0 Å². The third kappa shape index (κ3) is 3.91. The summed E-state index contributed by atoms with van der Waals surface area (Å²) in [6.07, 6.45) is 1.49. The highest BCUT2D eigenvalue weighted by Gasteiger charge is 2.13. The van der Waals surface area contributed by atoms with Crippen molar-refractivity contribution in [3.8, 4) is 11.7 Å². The molecule has 0 spiro atoms. The fourth-order valence-electron chi connectivity index (χ4n) is 1.67. The van der Waals surface area contributed by atoms with E-state index < -0.39 is 5.82 Å². The summed E-state index contributed by atoms with van der Waals surface area (Å²) >= 11 is 6.90. The van der Waals surface area contributed by atoms with E-state index in [4.69, 9.17) is 20.4 Å². The summed E-state index contributed by atoms with van der Waals surface area (Å²) in [5, 5.41) is 10.6. The van der Waals surface area contributed by atoms with Gasteiger partial charge in [0.1, 0.15) is 5.82 Å². The number of anilines is 1. The fourth-order valence-corrected chi connectivity index (χ4v) is 2.45. The summed E-state index contributed by atoms with van der Waals surface area (Å²) < 4.78 is 23.4. The van der Waals surface area contributed by atoms with Gasteiger partial charge in [-0.25, -0.2) is 4.39 Å². The zero-order valence-electron chi connectivity index (χ0n) is 11.5. The molecule has 1 amide bonds. The molecule has 0 aliphatic heterocycles. The third-order valence-corrected chi connectivity index (χ3v) is 3.80. The van der Waals surface area contributed by atoms with Gasteiger partial charge < -0.3 is 14.2 Å². The van der Waals surface area contributed by atoms with E-state index in [9.17, 15) is 9.18 Å². The van der Waals surface area contributed by atoms with Crippen molar-refractivity contribution in [2.75, 3.05) is 11.1 Å². The lowest BCUT2D eigenvalue weighted by Crippen LogP contribution is -2.14. The van der Waals surface area contributed by atoms with Gasteiger partial charge in [-0.3, -0.25) is 4.79 Å². The van der Waals surface area contributed by atoms with Crippen LogP contribution in [0, 0.1) is 5.82 Å². The predicted octanol–water partition coefficient (Wildman–Crippen LogP) is 3.85. The molecule has 1 N–H and O–H groups in total. The van der Waals surface area contributed by atoms with E-state index in [-0.39, 0.29) is 27.8 Å². The van der Waals surface area contributed by atoms with Gasteiger partial charge in [-0.1, -0.05) is 23.4 Å². The number of nitrogens with zero attached hydrogens (tertiary/aromatic N) is 2. The Hall–Kier alpha value is -2.32. The molecule has 0 aliphatic carbocycles. The number of nitrogens with one attached hydrogen (secondary N) is 1. The van der Waals surface area contributed by atoms with Gasteiger partial charge in [0.05, 0.1) is 22.7 Å². The van der Waals surface area contributed by atoms with Crippen molar-refractivity contribution in [2.45, 2.75) is 5.22 Å². The van der Waals surface area contributed by atoms with Crippen LogP contribution in [0.1, 0.15) is 0 Å². The minimum absolute atomic E-state index is 0.0352. The summed E-state index contributed by atoms with van der Waals surface area (Å²) in [4.78, 5) is 11.9. The lowest BCUT2D eigenvalue weighted by Gasteiger charge is -2.06. The van der Waals surface area contributed by atoms with Crippen LogP contribution in [0.2, 0.25) is 5.02 Å². The van der Waals surface area contributed by atoms with Crippen LogP contribution in [0.25, 0.3) is 11.7 Å². The molecule has 6 nitrogen and oxygen atoms in total. The summed E-state index contributed by atoms with van der Waals surface area (Å²) in [5.41, 5.74) is 0.334. The van der Waals surface area contributed by atoms with Crippen molar-refractivity contribution in [3.63, 3.8) is 0 Å². The molecule has 0 saturated carbocycles. The van der Waals surface area contributed by atoms with Crippen molar-refractivity contribution in [1.29, 1.82) is 0 Å². The minimum atomic E-state index is -0.473. The molecule has 0 aliphatic rings. The minimum Gasteiger partial charge on any atom is -0.459 e. The van der Waals surface area contributed by atoms with E-state index in [0.29, 0.717) is 11.4 Å². The first kappa shape index (κ1) is 15.6. The van der Waals surface area contributed by atoms with Crippen LogP contribution in [0.5, 0.6) is 0 Å². The van der Waals surface area contributed by atoms with Gasteiger partial charge >= 0.3 is 0 Å². The van der Waals surface area contributed by atoms with Gasteiger partial charge in [0.15, 0.2) is 5.76 Å². The monoisotopic (exact) mass is 353 g/mol. The van der Waals surface area contributed by atoms with E-state index in [1.165, 1.54) is 18.4 Å². The summed E-state index contributed by atoms with van der Waals surface area (Å²) in [5.74, 6) is -0.0839. The molecule has 0 atom stereocenters. The Balaban J connectivity index is 1.57. The van der Waals surface area contributed by atoms with Gasteiger partial charge in [-0.15, -0.1) is 10.2 Å². The van der Waals surface area contributed by atoms with Crippen LogP contribution in [0.15, 0.2) is 50.7 Å². The van der Waals surface area contributed by atoms with E-state index in [1.54, 1.807) is 12.1 Å². The van der Waals surface area contributed by atoms with Gasteiger partial charge in [-0.05, 0) is 30.3 Å². The van der Waals surface area contributed by atoms with Crippen molar-refractivity contribution in [1.82, 2.24) is 10.2 Å². The number of thioether (sulfide) groups is 1. The van der Waals surface area contributed by atoms with E-state index in [1.807, 2.05) is 0 Å². The van der Waals surface area contributed by atoms with Crippen LogP contribution in [-0.4, -0.2) is 21.9 Å². The zero-order chi connectivity index (χ0) is 16.2. The number of carbonyl (C=O) groups excluding carboxylic acids is 1. The second-order valence-corrected chi connectivity index (χ2v) is 5.65. The number of benzene rings is 1. The predicted molar refractivity (Wildman–Crippen MR) is 82.8 cm³/mol. The average molecular weight is 354 g/mol.